The molecule has 1 aromatic rings. The maximum Gasteiger partial charge on any atom is 0.270 e. The number of aliphatic hydroxyl groups excluding tert-OH is 1. The summed E-state index contributed by atoms with van der Waals surface area (Å²) in [5, 5.41) is 10.7. The zero-order chi connectivity index (χ0) is 9.68. The van der Waals surface area contributed by atoms with Gasteiger partial charge in [-0.1, -0.05) is 29.8 Å². The highest BCUT2D eigenvalue weighted by Gasteiger charge is 2.05. The number of hydrogen-bond donors (Lipinski definition) is 2. The van der Waals surface area contributed by atoms with Crippen LogP contribution in [-0.2, 0) is 4.79 Å². The number of anilines is 1. The van der Waals surface area contributed by atoms with Crippen LogP contribution in [0.2, 0.25) is 0 Å². The number of para-hydroxylation sites is 1. The molecule has 0 fully saturated rings. The first kappa shape index (κ1) is 9.61. The molecule has 4 heteroatoms. The molecular formula is C9H8ClNO2. The van der Waals surface area contributed by atoms with Crippen molar-refractivity contribution in [3.05, 3.63) is 41.6 Å². The highest BCUT2D eigenvalue weighted by Crippen LogP contribution is 2.08. The molecule has 1 aromatic carbocycles. The van der Waals surface area contributed by atoms with Gasteiger partial charge in [0.05, 0.1) is 0 Å². The average Bonchev–Trinajstić information content (AvgIpc) is 2.18. The quantitative estimate of drug-likeness (QED) is 0.565. The molecule has 0 radical (unpaired) electrons. The Kier molecular flexibility index (Phi) is 3.34. The number of aliphatic hydroxyl groups is 1. The van der Waals surface area contributed by atoms with E-state index in [1.54, 1.807) is 24.3 Å². The Morgan fingerprint density at radius 2 is 2.00 bits per heavy atom. The largest absolute Gasteiger partial charge is 0.514 e. The number of nitrogens with one attached hydrogen (secondary N) is 1. The van der Waals surface area contributed by atoms with Crippen LogP contribution >= 0.6 is 11.6 Å². The summed E-state index contributed by atoms with van der Waals surface area (Å²) < 4.78 is 0. The number of carbonyl (C=O) groups excluding carboxylic acids is 1. The summed E-state index contributed by atoms with van der Waals surface area (Å²) in [6.45, 7) is 0. The summed E-state index contributed by atoms with van der Waals surface area (Å²) in [4.78, 5) is 11.1. The number of benzene rings is 1. The van der Waals surface area contributed by atoms with Crippen LogP contribution in [0.25, 0.3) is 0 Å². The fourth-order valence-electron chi connectivity index (χ4n) is 0.771. The van der Waals surface area contributed by atoms with Crippen molar-refractivity contribution in [3.63, 3.8) is 0 Å². The molecule has 1 amide bonds. The third kappa shape index (κ3) is 2.80. The van der Waals surface area contributed by atoms with E-state index in [9.17, 15) is 4.79 Å². The average molecular weight is 198 g/mol. The lowest BCUT2D eigenvalue weighted by Gasteiger charge is -2.01. The molecule has 0 saturated heterocycles. The molecule has 0 atom stereocenters. The molecule has 0 bridgehead atoms. The predicted octanol–water partition coefficient (Wildman–Crippen LogP) is 2.26. The van der Waals surface area contributed by atoms with Crippen LogP contribution in [0.4, 0.5) is 5.69 Å². The molecule has 3 nitrogen and oxygen atoms in total. The van der Waals surface area contributed by atoms with Gasteiger partial charge in [0.2, 0.25) is 0 Å². The van der Waals surface area contributed by atoms with E-state index in [1.165, 1.54) is 0 Å². The topological polar surface area (TPSA) is 49.3 Å². The first-order valence-electron chi connectivity index (χ1n) is 3.60. The maximum absolute atomic E-state index is 11.1. The molecule has 0 aromatic heterocycles. The standard InChI is InChI=1S/C9H8ClNO2/c10-8(6-12)9(13)11-7-4-2-1-3-5-7/h1-6,12H,(H,11,13). The minimum Gasteiger partial charge on any atom is -0.514 e. The molecule has 0 heterocycles. The second kappa shape index (κ2) is 4.52. The number of rotatable bonds is 2. The molecule has 1 rings (SSSR count). The van der Waals surface area contributed by atoms with E-state index in [2.05, 4.69) is 5.32 Å². The van der Waals surface area contributed by atoms with E-state index in [1.807, 2.05) is 6.07 Å². The SMILES string of the molecule is O=C(Nc1ccccc1)C(Cl)=CO. The Balaban J connectivity index is 2.66. The zero-order valence-corrected chi connectivity index (χ0v) is 7.45. The zero-order valence-electron chi connectivity index (χ0n) is 6.70. The Labute approximate surface area is 80.6 Å². The van der Waals surface area contributed by atoms with Gasteiger partial charge < -0.3 is 10.4 Å². The van der Waals surface area contributed by atoms with E-state index in [0.29, 0.717) is 11.9 Å². The van der Waals surface area contributed by atoms with Crippen molar-refractivity contribution in [3.8, 4) is 0 Å². The van der Waals surface area contributed by atoms with Gasteiger partial charge in [0.15, 0.2) is 0 Å². The summed E-state index contributed by atoms with van der Waals surface area (Å²) in [6, 6.07) is 8.84. The summed E-state index contributed by atoms with van der Waals surface area (Å²) in [5.74, 6) is -0.532. The second-order valence-corrected chi connectivity index (χ2v) is 2.70. The fourth-order valence-corrected chi connectivity index (χ4v) is 0.818. The predicted molar refractivity (Wildman–Crippen MR) is 51.6 cm³/mol. The number of hydrogen-bond acceptors (Lipinski definition) is 2. The minimum atomic E-state index is -0.532. The van der Waals surface area contributed by atoms with Crippen molar-refractivity contribution in [2.24, 2.45) is 0 Å². The van der Waals surface area contributed by atoms with Crippen LogP contribution in [0.15, 0.2) is 41.6 Å². The summed E-state index contributed by atoms with van der Waals surface area (Å²) in [5.41, 5.74) is 0.632. The highest BCUT2D eigenvalue weighted by atomic mass is 35.5. The van der Waals surface area contributed by atoms with Gasteiger partial charge in [-0.15, -0.1) is 0 Å². The number of carbonyl (C=O) groups is 1. The Bertz CT molecular complexity index is 322. The number of amides is 1. The van der Waals surface area contributed by atoms with E-state index in [-0.39, 0.29) is 5.03 Å². The Morgan fingerprint density at radius 1 is 1.38 bits per heavy atom. The van der Waals surface area contributed by atoms with Crippen LogP contribution in [-0.4, -0.2) is 11.0 Å². The van der Waals surface area contributed by atoms with E-state index in [4.69, 9.17) is 16.7 Å². The van der Waals surface area contributed by atoms with Gasteiger partial charge in [-0.05, 0) is 12.1 Å². The van der Waals surface area contributed by atoms with E-state index in [0.717, 1.165) is 0 Å². The van der Waals surface area contributed by atoms with Crippen molar-refractivity contribution >= 4 is 23.2 Å². The van der Waals surface area contributed by atoms with Crippen LogP contribution in [0.3, 0.4) is 0 Å². The third-order valence-electron chi connectivity index (χ3n) is 1.36. The lowest BCUT2D eigenvalue weighted by Crippen LogP contribution is -2.11. The molecule has 2 N–H and O–H groups in total. The molecule has 0 spiro atoms. The van der Waals surface area contributed by atoms with Gasteiger partial charge in [0, 0.05) is 5.69 Å². The van der Waals surface area contributed by atoms with Crippen molar-refractivity contribution in [1.82, 2.24) is 0 Å². The minimum absolute atomic E-state index is 0.246. The van der Waals surface area contributed by atoms with Crippen LogP contribution in [0.5, 0.6) is 0 Å². The monoisotopic (exact) mass is 197 g/mol. The molecule has 68 valence electrons. The first-order valence-corrected chi connectivity index (χ1v) is 3.98. The van der Waals surface area contributed by atoms with Crippen LogP contribution in [0.1, 0.15) is 0 Å². The molecule has 0 aliphatic carbocycles. The summed E-state index contributed by atoms with van der Waals surface area (Å²) in [6.07, 6.45) is 0.555. The van der Waals surface area contributed by atoms with Crippen molar-refractivity contribution in [1.29, 1.82) is 0 Å². The molecule has 0 aliphatic rings. The lowest BCUT2D eigenvalue weighted by atomic mass is 10.3. The van der Waals surface area contributed by atoms with Gasteiger partial charge in [-0.2, -0.15) is 0 Å². The lowest BCUT2D eigenvalue weighted by molar-refractivity contribution is -0.112. The van der Waals surface area contributed by atoms with Crippen molar-refractivity contribution in [2.75, 3.05) is 5.32 Å². The van der Waals surface area contributed by atoms with Crippen molar-refractivity contribution < 1.29 is 9.90 Å². The van der Waals surface area contributed by atoms with Crippen molar-refractivity contribution in [2.45, 2.75) is 0 Å². The third-order valence-corrected chi connectivity index (χ3v) is 1.63. The van der Waals surface area contributed by atoms with Crippen LogP contribution in [0, 0.1) is 0 Å². The maximum atomic E-state index is 11.1. The van der Waals surface area contributed by atoms with Crippen LogP contribution < -0.4 is 5.32 Å². The van der Waals surface area contributed by atoms with Gasteiger partial charge in [-0.25, -0.2) is 0 Å². The van der Waals surface area contributed by atoms with Gasteiger partial charge >= 0.3 is 0 Å². The molecular weight excluding hydrogens is 190 g/mol. The van der Waals surface area contributed by atoms with E-state index < -0.39 is 5.91 Å². The van der Waals surface area contributed by atoms with Gasteiger partial charge in [-0.3, -0.25) is 4.79 Å². The highest BCUT2D eigenvalue weighted by molar-refractivity contribution is 6.43. The van der Waals surface area contributed by atoms with E-state index >= 15 is 0 Å². The fraction of sp³-hybridized carbons (Fsp3) is 0. The Morgan fingerprint density at radius 3 is 2.54 bits per heavy atom. The first-order chi connectivity index (χ1) is 6.24. The molecule has 13 heavy (non-hydrogen) atoms. The normalized spacial score (nSPS) is 11.0. The molecule has 0 saturated carbocycles. The summed E-state index contributed by atoms with van der Waals surface area (Å²) >= 11 is 5.36. The summed E-state index contributed by atoms with van der Waals surface area (Å²) in [7, 11) is 0. The second-order valence-electron chi connectivity index (χ2n) is 2.30. The smallest absolute Gasteiger partial charge is 0.270 e. The van der Waals surface area contributed by atoms with Gasteiger partial charge in [0.1, 0.15) is 11.3 Å². The van der Waals surface area contributed by atoms with Gasteiger partial charge in [0.25, 0.3) is 5.91 Å². The molecule has 0 unspecified atom stereocenters. The Hall–Kier alpha value is -1.48. The number of halogens is 1. The molecule has 0 aliphatic heterocycles.